The Kier molecular flexibility index (Phi) is 6.62. The van der Waals surface area contributed by atoms with E-state index in [1.54, 1.807) is 7.05 Å². The van der Waals surface area contributed by atoms with Crippen molar-refractivity contribution in [1.82, 2.24) is 20.1 Å². The molecular weight excluding hydrogens is 348 g/mol. The second kappa shape index (κ2) is 8.48. The molecule has 0 aliphatic carbocycles. The molecule has 2 aromatic rings. The van der Waals surface area contributed by atoms with E-state index < -0.39 is 0 Å². The lowest BCUT2D eigenvalue weighted by Crippen LogP contribution is -2.25. The Labute approximate surface area is 151 Å². The van der Waals surface area contributed by atoms with Crippen molar-refractivity contribution in [3.63, 3.8) is 0 Å². The summed E-state index contributed by atoms with van der Waals surface area (Å²) in [6.45, 7) is 7.04. The van der Waals surface area contributed by atoms with Crippen molar-refractivity contribution in [3.05, 3.63) is 27.0 Å². The number of carbonyl (C=O) groups is 1. The number of ether oxygens (including phenoxy) is 1. The first kappa shape index (κ1) is 18.7. The third kappa shape index (κ3) is 4.27. The van der Waals surface area contributed by atoms with Gasteiger partial charge in [0.05, 0.1) is 34.4 Å². The molecule has 1 amide bonds. The smallest absolute Gasteiger partial charge is 0.273 e. The zero-order valence-corrected chi connectivity index (χ0v) is 16.1. The third-order valence-corrected chi connectivity index (χ3v) is 5.08. The Hall–Kier alpha value is -1.60. The van der Waals surface area contributed by atoms with E-state index in [2.05, 4.69) is 22.3 Å². The largest absolute Gasteiger partial charge is 0.470 e. The fourth-order valence-corrected chi connectivity index (χ4v) is 3.45. The van der Waals surface area contributed by atoms with Crippen LogP contribution in [0.4, 0.5) is 0 Å². The fourth-order valence-electron chi connectivity index (χ4n) is 2.20. The van der Waals surface area contributed by atoms with E-state index in [0.717, 1.165) is 29.1 Å². The molecule has 24 heavy (non-hydrogen) atoms. The van der Waals surface area contributed by atoms with E-state index in [0.29, 0.717) is 35.5 Å². The summed E-state index contributed by atoms with van der Waals surface area (Å²) in [6.07, 6.45) is 2.77. The van der Waals surface area contributed by atoms with Gasteiger partial charge in [0.25, 0.3) is 11.1 Å². The number of aromatic nitrogens is 3. The normalized spacial score (nSPS) is 10.9. The Bertz CT molecular complexity index is 711. The summed E-state index contributed by atoms with van der Waals surface area (Å²) < 4.78 is 7.14. The monoisotopic (exact) mass is 370 g/mol. The molecule has 0 saturated carbocycles. The number of unbranched alkanes of at least 4 members (excludes halogenated alkanes) is 1. The summed E-state index contributed by atoms with van der Waals surface area (Å²) >= 11 is 7.70. The quantitative estimate of drug-likeness (QED) is 0.722. The van der Waals surface area contributed by atoms with Crippen molar-refractivity contribution in [2.75, 3.05) is 6.61 Å². The van der Waals surface area contributed by atoms with E-state index >= 15 is 0 Å². The minimum atomic E-state index is -0.240. The van der Waals surface area contributed by atoms with Gasteiger partial charge in [0.2, 0.25) is 0 Å². The first-order valence-corrected chi connectivity index (χ1v) is 9.26. The molecule has 0 atom stereocenters. The molecule has 0 unspecified atom stereocenters. The molecular formula is C16H23ClN4O2S. The van der Waals surface area contributed by atoms with E-state index in [1.807, 2.05) is 13.8 Å². The lowest BCUT2D eigenvalue weighted by atomic mass is 10.3. The van der Waals surface area contributed by atoms with Crippen LogP contribution in [0.2, 0.25) is 5.02 Å². The minimum Gasteiger partial charge on any atom is -0.470 e. The number of hydrogen-bond donors (Lipinski definition) is 1. The molecule has 0 spiro atoms. The summed E-state index contributed by atoms with van der Waals surface area (Å²) in [4.78, 5) is 17.8. The van der Waals surface area contributed by atoms with Crippen LogP contribution in [-0.4, -0.2) is 27.3 Å². The number of hydrogen-bond acceptors (Lipinski definition) is 5. The maximum atomic E-state index is 12.4. The van der Waals surface area contributed by atoms with Crippen LogP contribution in [-0.2, 0) is 20.0 Å². The molecule has 2 aromatic heterocycles. The van der Waals surface area contributed by atoms with Crippen LogP contribution in [0.5, 0.6) is 5.19 Å². The molecule has 2 rings (SSSR count). The number of carbonyl (C=O) groups excluding carboxylic acids is 1. The highest BCUT2D eigenvalue weighted by Crippen LogP contribution is 2.25. The zero-order chi connectivity index (χ0) is 17.7. The molecule has 0 bridgehead atoms. The van der Waals surface area contributed by atoms with Gasteiger partial charge in [0, 0.05) is 7.05 Å². The molecule has 0 aromatic carbocycles. The second-order valence-corrected chi connectivity index (χ2v) is 6.88. The topological polar surface area (TPSA) is 69.0 Å². The van der Waals surface area contributed by atoms with Crippen LogP contribution in [0.15, 0.2) is 0 Å². The summed E-state index contributed by atoms with van der Waals surface area (Å²) in [7, 11) is 1.72. The molecule has 0 aliphatic rings. The minimum absolute atomic E-state index is 0.240. The van der Waals surface area contributed by atoms with E-state index in [1.165, 1.54) is 16.0 Å². The number of nitrogens with zero attached hydrogens (tertiary/aromatic N) is 3. The highest BCUT2D eigenvalue weighted by molar-refractivity contribution is 7.13. The summed E-state index contributed by atoms with van der Waals surface area (Å²) in [6, 6.07) is 0. The van der Waals surface area contributed by atoms with Gasteiger partial charge in [-0.1, -0.05) is 43.2 Å². The summed E-state index contributed by atoms with van der Waals surface area (Å²) in [5.74, 6) is -0.240. The van der Waals surface area contributed by atoms with Crippen LogP contribution in [0.3, 0.4) is 0 Å². The van der Waals surface area contributed by atoms with Gasteiger partial charge in [-0.3, -0.25) is 9.48 Å². The molecule has 0 saturated heterocycles. The lowest BCUT2D eigenvalue weighted by molar-refractivity contribution is 0.0942. The van der Waals surface area contributed by atoms with Crippen molar-refractivity contribution < 1.29 is 9.53 Å². The predicted octanol–water partition coefficient (Wildman–Crippen LogP) is 3.51. The lowest BCUT2D eigenvalue weighted by Gasteiger charge is -2.05. The molecule has 6 nitrogen and oxygen atoms in total. The van der Waals surface area contributed by atoms with Gasteiger partial charge >= 0.3 is 0 Å². The Balaban J connectivity index is 2.00. The van der Waals surface area contributed by atoms with Crippen LogP contribution >= 0.6 is 22.9 Å². The van der Waals surface area contributed by atoms with E-state index in [-0.39, 0.29) is 5.91 Å². The molecule has 0 aliphatic heterocycles. The van der Waals surface area contributed by atoms with Crippen LogP contribution in [0.1, 0.15) is 53.4 Å². The average Bonchev–Trinajstić information content (AvgIpc) is 3.04. The van der Waals surface area contributed by atoms with Gasteiger partial charge in [0.15, 0.2) is 0 Å². The van der Waals surface area contributed by atoms with Crippen LogP contribution in [0.25, 0.3) is 0 Å². The van der Waals surface area contributed by atoms with E-state index in [4.69, 9.17) is 16.3 Å². The molecule has 0 radical (unpaired) electrons. The van der Waals surface area contributed by atoms with Crippen molar-refractivity contribution in [3.8, 4) is 5.19 Å². The molecule has 132 valence electrons. The predicted molar refractivity (Wildman–Crippen MR) is 96.0 cm³/mol. The fraction of sp³-hybridized carbons (Fsp3) is 0.562. The maximum Gasteiger partial charge on any atom is 0.273 e. The van der Waals surface area contributed by atoms with Crippen molar-refractivity contribution in [2.24, 2.45) is 7.05 Å². The van der Waals surface area contributed by atoms with Gasteiger partial charge in [-0.15, -0.1) is 0 Å². The van der Waals surface area contributed by atoms with Gasteiger partial charge < -0.3 is 10.1 Å². The van der Waals surface area contributed by atoms with Crippen molar-refractivity contribution in [1.29, 1.82) is 0 Å². The Morgan fingerprint density at radius 2 is 2.17 bits per heavy atom. The van der Waals surface area contributed by atoms with Gasteiger partial charge in [0.1, 0.15) is 5.69 Å². The number of halogens is 1. The van der Waals surface area contributed by atoms with Crippen molar-refractivity contribution in [2.45, 2.75) is 46.6 Å². The maximum absolute atomic E-state index is 12.4. The zero-order valence-electron chi connectivity index (χ0n) is 14.5. The van der Waals surface area contributed by atoms with Gasteiger partial charge in [-0.2, -0.15) is 5.10 Å². The third-order valence-electron chi connectivity index (χ3n) is 3.61. The molecule has 1 N–H and O–H groups in total. The number of nitrogens with one attached hydrogen (secondary N) is 1. The molecule has 0 fully saturated rings. The SMILES string of the molecule is CCCCOc1nc(C)c(CNC(=O)c2c(Cl)c(CC)nn2C)s1. The van der Waals surface area contributed by atoms with Gasteiger partial charge in [-0.25, -0.2) is 4.98 Å². The van der Waals surface area contributed by atoms with Crippen LogP contribution in [0, 0.1) is 6.92 Å². The standard InChI is InChI=1S/C16H23ClN4O2S/c1-5-7-8-23-16-19-10(3)12(24-16)9-18-15(22)14-13(17)11(6-2)20-21(14)4/h5-9H2,1-4H3,(H,18,22). The number of amides is 1. The Morgan fingerprint density at radius 3 is 2.79 bits per heavy atom. The van der Waals surface area contributed by atoms with Crippen LogP contribution < -0.4 is 10.1 Å². The highest BCUT2D eigenvalue weighted by atomic mass is 35.5. The molecule has 2 heterocycles. The first-order chi connectivity index (χ1) is 11.5. The highest BCUT2D eigenvalue weighted by Gasteiger charge is 2.20. The summed E-state index contributed by atoms with van der Waals surface area (Å²) in [5, 5.41) is 8.22. The number of aryl methyl sites for hydroxylation is 3. The van der Waals surface area contributed by atoms with Gasteiger partial charge in [-0.05, 0) is 19.8 Å². The van der Waals surface area contributed by atoms with E-state index in [9.17, 15) is 4.79 Å². The summed E-state index contributed by atoms with van der Waals surface area (Å²) in [5.41, 5.74) is 1.98. The van der Waals surface area contributed by atoms with Crippen molar-refractivity contribution >= 4 is 28.8 Å². The number of rotatable bonds is 8. The average molecular weight is 371 g/mol. The molecule has 8 heteroatoms. The second-order valence-electron chi connectivity index (χ2n) is 5.46. The first-order valence-electron chi connectivity index (χ1n) is 8.06. The Morgan fingerprint density at radius 1 is 1.42 bits per heavy atom. The number of thiazole rings is 1.